The molecule has 3 heterocycles. The Balaban J connectivity index is 1.55. The van der Waals surface area contributed by atoms with Crippen LogP contribution in [0.15, 0.2) is 71.9 Å². The summed E-state index contributed by atoms with van der Waals surface area (Å²) in [7, 11) is 0. The minimum atomic E-state index is 0.0548. The molecule has 0 aliphatic carbocycles. The molecule has 0 N–H and O–H groups in total. The third-order valence-electron chi connectivity index (χ3n) is 5.94. The number of rotatable bonds is 4. The molecule has 0 saturated carbocycles. The Morgan fingerprint density at radius 1 is 0.968 bits per heavy atom. The fourth-order valence-electron chi connectivity index (χ4n) is 4.12. The smallest absolute Gasteiger partial charge is 0.255 e. The molecule has 0 fully saturated rings. The molecule has 0 bridgehead atoms. The van der Waals surface area contributed by atoms with Gasteiger partial charge in [-0.2, -0.15) is 5.10 Å². The van der Waals surface area contributed by atoms with Crippen molar-refractivity contribution < 1.29 is 4.79 Å². The molecule has 2 aromatic carbocycles. The lowest BCUT2D eigenvalue weighted by atomic mass is 10.1. The zero-order valence-corrected chi connectivity index (χ0v) is 18.7. The lowest BCUT2D eigenvalue weighted by molar-refractivity contribution is 0.0745. The quantitative estimate of drug-likeness (QED) is 0.422. The van der Waals surface area contributed by atoms with Crippen LogP contribution in [0.5, 0.6) is 0 Å². The van der Waals surface area contributed by atoms with Crippen molar-refractivity contribution in [3.8, 4) is 11.5 Å². The van der Waals surface area contributed by atoms with Crippen LogP contribution in [0.25, 0.3) is 11.5 Å². The highest BCUT2D eigenvalue weighted by Gasteiger charge is 2.32. The molecule has 1 amide bonds. The number of hydrogen-bond donors (Lipinski definition) is 0. The van der Waals surface area contributed by atoms with Gasteiger partial charge in [0.1, 0.15) is 5.82 Å². The van der Waals surface area contributed by atoms with Gasteiger partial charge < -0.3 is 9.47 Å². The van der Waals surface area contributed by atoms with Gasteiger partial charge in [0.2, 0.25) is 0 Å². The first-order chi connectivity index (χ1) is 15.1. The van der Waals surface area contributed by atoms with Gasteiger partial charge in [0.15, 0.2) is 0 Å². The second kappa shape index (κ2) is 7.78. The van der Waals surface area contributed by atoms with Crippen LogP contribution in [-0.4, -0.2) is 31.4 Å². The molecule has 5 rings (SSSR count). The molecule has 4 aromatic rings. The maximum atomic E-state index is 13.3. The molecule has 2 aromatic heterocycles. The highest BCUT2D eigenvalue weighted by atomic mass is 32.2. The van der Waals surface area contributed by atoms with Crippen molar-refractivity contribution >= 4 is 17.7 Å². The van der Waals surface area contributed by atoms with E-state index in [9.17, 15) is 4.79 Å². The molecule has 31 heavy (non-hydrogen) atoms. The molecule has 0 unspecified atom stereocenters. The van der Waals surface area contributed by atoms with Crippen molar-refractivity contribution in [2.45, 2.75) is 31.8 Å². The lowest BCUT2D eigenvalue weighted by Crippen LogP contribution is -2.26. The number of hydrogen-bond acceptors (Lipinski definition) is 3. The number of aryl methyl sites for hydroxylation is 2. The van der Waals surface area contributed by atoms with E-state index < -0.39 is 0 Å². The van der Waals surface area contributed by atoms with E-state index in [1.807, 2.05) is 64.6 Å². The number of aromatic nitrogens is 3. The molecule has 1 aliphatic rings. The maximum absolute atomic E-state index is 13.3. The predicted octanol–water partition coefficient (Wildman–Crippen LogP) is 5.16. The third-order valence-corrected chi connectivity index (χ3v) is 6.73. The second-order valence-corrected chi connectivity index (χ2v) is 8.73. The van der Waals surface area contributed by atoms with Crippen LogP contribution in [-0.2, 0) is 13.1 Å². The number of carbonyl (C=O) groups excluding carboxylic acids is 1. The van der Waals surface area contributed by atoms with E-state index in [1.54, 1.807) is 11.8 Å². The first-order valence-electron chi connectivity index (χ1n) is 10.3. The van der Waals surface area contributed by atoms with Crippen molar-refractivity contribution in [2.75, 3.05) is 6.26 Å². The third kappa shape index (κ3) is 3.37. The van der Waals surface area contributed by atoms with Crippen LogP contribution >= 0.6 is 11.8 Å². The first kappa shape index (κ1) is 19.7. The molecule has 6 heteroatoms. The summed E-state index contributed by atoms with van der Waals surface area (Å²) in [5.74, 6) is 1.05. The van der Waals surface area contributed by atoms with E-state index in [0.717, 1.165) is 33.2 Å². The van der Waals surface area contributed by atoms with Crippen LogP contribution in [0.3, 0.4) is 0 Å². The fraction of sp³-hybridized carbons (Fsp3) is 0.200. The van der Waals surface area contributed by atoms with Gasteiger partial charge in [-0.05, 0) is 67.6 Å². The van der Waals surface area contributed by atoms with E-state index in [-0.39, 0.29) is 5.91 Å². The molecule has 1 aliphatic heterocycles. The number of fused-ring (bicyclic) bond motifs is 1. The van der Waals surface area contributed by atoms with Gasteiger partial charge in [-0.3, -0.25) is 4.79 Å². The van der Waals surface area contributed by atoms with Crippen molar-refractivity contribution in [2.24, 2.45) is 0 Å². The standard InChI is InChI=1S/C25H24N4OS/c1-17-10-11-19(14-18(17)2)29-24(27-12-6-7-13-27)21-15-28(16-22(21)26-29)25(30)20-8-4-5-9-23(20)31-3/h4-14H,15-16H2,1-3H3. The summed E-state index contributed by atoms with van der Waals surface area (Å²) >= 11 is 1.60. The van der Waals surface area contributed by atoms with Gasteiger partial charge in [-0.1, -0.05) is 18.2 Å². The topological polar surface area (TPSA) is 43.1 Å². The van der Waals surface area contributed by atoms with Crippen LogP contribution in [0, 0.1) is 13.8 Å². The van der Waals surface area contributed by atoms with Gasteiger partial charge in [-0.15, -0.1) is 11.8 Å². The molecule has 0 spiro atoms. The van der Waals surface area contributed by atoms with E-state index in [1.165, 1.54) is 11.1 Å². The van der Waals surface area contributed by atoms with Crippen LogP contribution in [0.2, 0.25) is 0 Å². The number of amides is 1. The number of benzene rings is 2. The van der Waals surface area contributed by atoms with E-state index in [2.05, 4.69) is 36.6 Å². The molecule has 0 radical (unpaired) electrons. The van der Waals surface area contributed by atoms with Gasteiger partial charge in [0, 0.05) is 22.9 Å². The minimum absolute atomic E-state index is 0.0548. The Morgan fingerprint density at radius 3 is 2.48 bits per heavy atom. The SMILES string of the molecule is CSc1ccccc1C(=O)N1Cc2nn(-c3ccc(C)c(C)c3)c(-n3cccc3)c2C1. The molecule has 156 valence electrons. The normalized spacial score (nSPS) is 12.9. The molecular weight excluding hydrogens is 404 g/mol. The first-order valence-corrected chi connectivity index (χ1v) is 11.5. The van der Waals surface area contributed by atoms with E-state index in [0.29, 0.717) is 13.1 Å². The monoisotopic (exact) mass is 428 g/mol. The Hall–Kier alpha value is -3.25. The second-order valence-electron chi connectivity index (χ2n) is 7.88. The number of nitrogens with zero attached hydrogens (tertiary/aromatic N) is 4. The zero-order chi connectivity index (χ0) is 21.5. The Bertz CT molecular complexity index is 1270. The summed E-state index contributed by atoms with van der Waals surface area (Å²) in [6.07, 6.45) is 6.06. The van der Waals surface area contributed by atoms with Gasteiger partial charge in [0.25, 0.3) is 5.91 Å². The largest absolute Gasteiger partial charge is 0.328 e. The van der Waals surface area contributed by atoms with Gasteiger partial charge in [-0.25, -0.2) is 4.68 Å². The molecular formula is C25H24N4OS. The van der Waals surface area contributed by atoms with Crippen molar-refractivity contribution in [3.05, 3.63) is 94.9 Å². The average molecular weight is 429 g/mol. The molecule has 0 saturated heterocycles. The summed E-state index contributed by atoms with van der Waals surface area (Å²) < 4.78 is 4.10. The van der Waals surface area contributed by atoms with E-state index in [4.69, 9.17) is 5.10 Å². The summed E-state index contributed by atoms with van der Waals surface area (Å²) in [5, 5.41) is 4.95. The molecule has 0 atom stereocenters. The summed E-state index contributed by atoms with van der Waals surface area (Å²) in [6.45, 7) is 5.30. The molecule has 5 nitrogen and oxygen atoms in total. The lowest BCUT2D eigenvalue weighted by Gasteiger charge is -2.19. The Morgan fingerprint density at radius 2 is 1.74 bits per heavy atom. The van der Waals surface area contributed by atoms with Gasteiger partial charge in [0.05, 0.1) is 30.0 Å². The van der Waals surface area contributed by atoms with Crippen molar-refractivity contribution in [1.82, 2.24) is 19.2 Å². The van der Waals surface area contributed by atoms with Crippen LogP contribution < -0.4 is 0 Å². The van der Waals surface area contributed by atoms with Crippen LogP contribution in [0.4, 0.5) is 0 Å². The number of carbonyl (C=O) groups is 1. The average Bonchev–Trinajstić information content (AvgIpc) is 3.51. The predicted molar refractivity (Wildman–Crippen MR) is 124 cm³/mol. The Labute approximate surface area is 186 Å². The van der Waals surface area contributed by atoms with Gasteiger partial charge >= 0.3 is 0 Å². The minimum Gasteiger partial charge on any atom is -0.328 e. The summed E-state index contributed by atoms with van der Waals surface area (Å²) in [5.41, 5.74) is 6.34. The summed E-state index contributed by atoms with van der Waals surface area (Å²) in [4.78, 5) is 16.2. The Kier molecular flexibility index (Phi) is 4.94. The van der Waals surface area contributed by atoms with Crippen molar-refractivity contribution in [1.29, 1.82) is 0 Å². The number of thioether (sulfide) groups is 1. The fourth-order valence-corrected chi connectivity index (χ4v) is 4.71. The highest BCUT2D eigenvalue weighted by molar-refractivity contribution is 7.98. The highest BCUT2D eigenvalue weighted by Crippen LogP contribution is 2.33. The maximum Gasteiger partial charge on any atom is 0.255 e. The van der Waals surface area contributed by atoms with Crippen LogP contribution in [0.1, 0.15) is 32.7 Å². The summed E-state index contributed by atoms with van der Waals surface area (Å²) in [6, 6.07) is 18.2. The van der Waals surface area contributed by atoms with E-state index >= 15 is 0 Å². The van der Waals surface area contributed by atoms with Crippen molar-refractivity contribution in [3.63, 3.8) is 0 Å². The zero-order valence-electron chi connectivity index (χ0n) is 17.9.